The second-order valence-electron chi connectivity index (χ2n) is 7.73. The Morgan fingerprint density at radius 3 is 2.46 bits per heavy atom. The van der Waals surface area contributed by atoms with Gasteiger partial charge in [0.25, 0.3) is 0 Å². The summed E-state index contributed by atoms with van der Waals surface area (Å²) < 4.78 is 3.28. The van der Waals surface area contributed by atoms with Crippen LogP contribution < -0.4 is 10.0 Å². The van der Waals surface area contributed by atoms with Crippen LogP contribution >= 0.6 is 23.3 Å². The molecule has 0 spiro atoms. The largest absolute Gasteiger partial charge is 0.480 e. The van der Waals surface area contributed by atoms with Gasteiger partial charge >= 0.3 is 12.0 Å². The molecular formula is C18H29N5O3S2. The van der Waals surface area contributed by atoms with Crippen molar-refractivity contribution >= 4 is 40.4 Å². The van der Waals surface area contributed by atoms with Gasteiger partial charge in [-0.15, -0.1) is 10.2 Å². The predicted molar refractivity (Wildman–Crippen MR) is 111 cm³/mol. The van der Waals surface area contributed by atoms with Crippen molar-refractivity contribution in [2.75, 3.05) is 11.9 Å². The molecule has 2 aliphatic rings. The highest BCUT2D eigenvalue weighted by Gasteiger charge is 2.34. The highest BCUT2D eigenvalue weighted by Crippen LogP contribution is 2.33. The zero-order valence-corrected chi connectivity index (χ0v) is 17.9. The second-order valence-corrected chi connectivity index (χ2v) is 9.85. The molecule has 0 bridgehead atoms. The highest BCUT2D eigenvalue weighted by molar-refractivity contribution is 7.99. The zero-order valence-electron chi connectivity index (χ0n) is 16.2. The first-order valence-electron chi connectivity index (χ1n) is 10.1. The maximum atomic E-state index is 13.2. The molecule has 2 aliphatic carbocycles. The lowest BCUT2D eigenvalue weighted by atomic mass is 9.84. The van der Waals surface area contributed by atoms with Crippen molar-refractivity contribution in [1.29, 1.82) is 0 Å². The van der Waals surface area contributed by atoms with Crippen molar-refractivity contribution in [3.63, 3.8) is 0 Å². The Labute approximate surface area is 174 Å². The Balaban J connectivity index is 1.62. The first-order chi connectivity index (χ1) is 13.5. The van der Waals surface area contributed by atoms with Gasteiger partial charge in [-0.1, -0.05) is 37.5 Å². The number of carboxylic acids is 1. The van der Waals surface area contributed by atoms with Gasteiger partial charge in [0.05, 0.1) is 0 Å². The van der Waals surface area contributed by atoms with Gasteiger partial charge in [0.15, 0.2) is 4.34 Å². The monoisotopic (exact) mass is 427 g/mol. The van der Waals surface area contributed by atoms with Gasteiger partial charge in [0.2, 0.25) is 5.13 Å². The molecule has 0 saturated heterocycles. The molecule has 28 heavy (non-hydrogen) atoms. The van der Waals surface area contributed by atoms with Crippen LogP contribution in [0.1, 0.15) is 64.7 Å². The van der Waals surface area contributed by atoms with E-state index in [0.29, 0.717) is 21.6 Å². The summed E-state index contributed by atoms with van der Waals surface area (Å²) in [6.07, 6.45) is 10.3. The van der Waals surface area contributed by atoms with E-state index in [1.54, 1.807) is 0 Å². The summed E-state index contributed by atoms with van der Waals surface area (Å²) in [5.41, 5.74) is 0. The minimum atomic E-state index is -0.935. The van der Waals surface area contributed by atoms with Gasteiger partial charge in [-0.05, 0) is 56.4 Å². The molecule has 0 atom stereocenters. The lowest BCUT2D eigenvalue weighted by Gasteiger charge is -2.42. The van der Waals surface area contributed by atoms with Crippen molar-refractivity contribution in [3.8, 4) is 0 Å². The van der Waals surface area contributed by atoms with Crippen LogP contribution in [0.4, 0.5) is 9.93 Å². The van der Waals surface area contributed by atoms with Crippen molar-refractivity contribution < 1.29 is 14.7 Å². The lowest BCUT2D eigenvalue weighted by molar-refractivity contribution is -0.135. The predicted octanol–water partition coefficient (Wildman–Crippen LogP) is 3.96. The number of aliphatic carboxylic acids is 1. The van der Waals surface area contributed by atoms with Crippen LogP contribution in [0.5, 0.6) is 0 Å². The van der Waals surface area contributed by atoms with E-state index in [4.69, 9.17) is 5.11 Å². The van der Waals surface area contributed by atoms with Crippen molar-refractivity contribution in [1.82, 2.24) is 19.8 Å². The van der Waals surface area contributed by atoms with Gasteiger partial charge in [-0.25, -0.2) is 9.52 Å². The number of rotatable bonds is 7. The quantitative estimate of drug-likeness (QED) is 0.446. The minimum Gasteiger partial charge on any atom is -0.480 e. The van der Waals surface area contributed by atoms with Gasteiger partial charge in [0, 0.05) is 12.1 Å². The Morgan fingerprint density at radius 2 is 1.79 bits per heavy atom. The van der Waals surface area contributed by atoms with Crippen molar-refractivity contribution in [2.45, 2.75) is 81.1 Å². The van der Waals surface area contributed by atoms with E-state index in [2.05, 4.69) is 32.1 Å². The first kappa shape index (κ1) is 21.3. The molecule has 2 fully saturated rings. The van der Waals surface area contributed by atoms with E-state index >= 15 is 0 Å². The Morgan fingerprint density at radius 1 is 1.11 bits per heavy atom. The number of anilines is 1. The fraction of sp³-hybridized carbons (Fsp3) is 0.778. The summed E-state index contributed by atoms with van der Waals surface area (Å²) in [4.78, 5) is 25.8. The standard InChI is InChI=1S/C18H29N5O3S2/c1-12-7-9-14(10-8-12)23(13-5-3-2-4-6-13)17(26)20-16-21-22-18(27-16)28-19-11-15(24)25/h12-14,19H,2-11H2,1H3,(H,24,25)(H,20,21,26). The average Bonchev–Trinajstić information content (AvgIpc) is 3.11. The SMILES string of the molecule is CC1CCC(N(C(=O)Nc2nnc(SNCC(=O)O)s2)C2CCCCC2)CC1. The Hall–Kier alpha value is -1.39. The van der Waals surface area contributed by atoms with E-state index in [9.17, 15) is 9.59 Å². The van der Waals surface area contributed by atoms with Crippen LogP contribution in [0.25, 0.3) is 0 Å². The van der Waals surface area contributed by atoms with Gasteiger partial charge in [-0.2, -0.15) is 0 Å². The number of carboxylic acid groups (broad SMARTS) is 1. The molecule has 3 rings (SSSR count). The van der Waals surface area contributed by atoms with Crippen molar-refractivity contribution in [2.24, 2.45) is 5.92 Å². The fourth-order valence-corrected chi connectivity index (χ4v) is 5.57. The fourth-order valence-electron chi connectivity index (χ4n) is 4.13. The number of aromatic nitrogens is 2. The molecule has 156 valence electrons. The normalized spacial score (nSPS) is 23.3. The Bertz CT molecular complexity index is 657. The molecular weight excluding hydrogens is 398 g/mol. The number of amides is 2. The molecule has 1 aromatic rings. The van der Waals surface area contributed by atoms with E-state index < -0.39 is 5.97 Å². The van der Waals surface area contributed by atoms with E-state index in [1.165, 1.54) is 43.4 Å². The van der Waals surface area contributed by atoms with E-state index in [-0.39, 0.29) is 12.6 Å². The molecule has 2 saturated carbocycles. The topological polar surface area (TPSA) is 107 Å². The van der Waals surface area contributed by atoms with Gasteiger partial charge in [0.1, 0.15) is 6.54 Å². The number of nitrogens with zero attached hydrogens (tertiary/aromatic N) is 3. The summed E-state index contributed by atoms with van der Waals surface area (Å²) in [7, 11) is 0. The number of nitrogens with one attached hydrogen (secondary N) is 2. The molecule has 1 heterocycles. The number of hydrogen-bond donors (Lipinski definition) is 3. The Kier molecular flexibility index (Phi) is 7.92. The smallest absolute Gasteiger partial charge is 0.324 e. The number of hydrogen-bond acceptors (Lipinski definition) is 7. The third kappa shape index (κ3) is 6.05. The molecule has 3 N–H and O–H groups in total. The maximum absolute atomic E-state index is 13.2. The van der Waals surface area contributed by atoms with Crippen molar-refractivity contribution in [3.05, 3.63) is 0 Å². The lowest BCUT2D eigenvalue weighted by Crippen LogP contribution is -2.51. The molecule has 2 amide bonds. The third-order valence-corrected chi connectivity index (χ3v) is 7.26. The van der Waals surface area contributed by atoms with Crippen LogP contribution in [0.15, 0.2) is 4.34 Å². The van der Waals surface area contributed by atoms with Crippen LogP contribution in [-0.2, 0) is 4.79 Å². The van der Waals surface area contributed by atoms with Crippen LogP contribution in [-0.4, -0.2) is 50.8 Å². The summed E-state index contributed by atoms with van der Waals surface area (Å²) in [5.74, 6) is -0.191. The van der Waals surface area contributed by atoms with E-state index in [0.717, 1.165) is 43.5 Å². The van der Waals surface area contributed by atoms with Crippen LogP contribution in [0.3, 0.4) is 0 Å². The van der Waals surface area contributed by atoms with Gasteiger partial charge in [-0.3, -0.25) is 10.1 Å². The van der Waals surface area contributed by atoms with Crippen LogP contribution in [0, 0.1) is 5.92 Å². The number of carbonyl (C=O) groups excluding carboxylic acids is 1. The number of urea groups is 1. The average molecular weight is 428 g/mol. The maximum Gasteiger partial charge on any atom is 0.324 e. The van der Waals surface area contributed by atoms with Crippen LogP contribution in [0.2, 0.25) is 0 Å². The minimum absolute atomic E-state index is 0.0716. The number of carbonyl (C=O) groups is 2. The second kappa shape index (κ2) is 10.4. The molecule has 8 nitrogen and oxygen atoms in total. The molecule has 10 heteroatoms. The zero-order chi connectivity index (χ0) is 19.9. The highest BCUT2D eigenvalue weighted by atomic mass is 32.2. The first-order valence-corrected chi connectivity index (χ1v) is 11.7. The third-order valence-electron chi connectivity index (χ3n) is 5.58. The summed E-state index contributed by atoms with van der Waals surface area (Å²) in [6.45, 7) is 2.13. The molecule has 0 radical (unpaired) electrons. The summed E-state index contributed by atoms with van der Waals surface area (Å²) in [5, 5.41) is 20.1. The summed E-state index contributed by atoms with van der Waals surface area (Å²) in [6, 6.07) is 0.544. The molecule has 0 unspecified atom stereocenters. The van der Waals surface area contributed by atoms with Gasteiger partial charge < -0.3 is 10.0 Å². The molecule has 1 aromatic heterocycles. The molecule has 0 aromatic carbocycles. The summed E-state index contributed by atoms with van der Waals surface area (Å²) >= 11 is 2.36. The van der Waals surface area contributed by atoms with E-state index in [1.807, 2.05) is 0 Å². The molecule has 0 aliphatic heterocycles.